The van der Waals surface area contributed by atoms with Gasteiger partial charge in [-0.3, -0.25) is 15.0 Å². The van der Waals surface area contributed by atoms with E-state index in [1.165, 1.54) is 4.90 Å². The molecule has 0 radical (unpaired) electrons. The van der Waals surface area contributed by atoms with Crippen LogP contribution in [0.2, 0.25) is 0 Å². The first kappa shape index (κ1) is 36.9. The maximum Gasteiger partial charge on any atom is 0.411 e. The Hall–Kier alpha value is -5.35. The van der Waals surface area contributed by atoms with Crippen molar-refractivity contribution in [1.29, 1.82) is 0 Å². The summed E-state index contributed by atoms with van der Waals surface area (Å²) in [6, 6.07) is 33.7. The molecule has 0 unspecified atom stereocenters. The lowest BCUT2D eigenvalue weighted by molar-refractivity contribution is -0.142. The third-order valence-electron chi connectivity index (χ3n) is 8.76. The van der Waals surface area contributed by atoms with Crippen LogP contribution in [0.1, 0.15) is 80.8 Å². The van der Waals surface area contributed by atoms with Crippen molar-refractivity contribution in [1.82, 2.24) is 10.2 Å². The van der Waals surface area contributed by atoms with Gasteiger partial charge in [0.15, 0.2) is 0 Å². The minimum Gasteiger partial charge on any atom is -0.489 e. The van der Waals surface area contributed by atoms with Gasteiger partial charge in [-0.05, 0) is 93.0 Å². The molecular weight excluding hydrogens is 648 g/mol. The number of likely N-dealkylation sites (tertiary alicyclic amines) is 1. The molecule has 2 aliphatic heterocycles. The first-order chi connectivity index (χ1) is 24.5. The van der Waals surface area contributed by atoms with Crippen LogP contribution in [-0.2, 0) is 27.5 Å². The molecule has 0 aliphatic carbocycles. The van der Waals surface area contributed by atoms with Crippen molar-refractivity contribution in [3.8, 4) is 11.5 Å². The second-order valence-corrected chi connectivity index (χ2v) is 13.7. The summed E-state index contributed by atoms with van der Waals surface area (Å²) in [5.74, 6) is -0.249. The quantitative estimate of drug-likeness (QED) is 0.151. The van der Waals surface area contributed by atoms with Crippen molar-refractivity contribution in [2.24, 2.45) is 0 Å². The molecule has 2 aliphatic rings. The number of carboxylic acids is 2. The Balaban J connectivity index is 0.000000205. The molecule has 0 bridgehead atoms. The fraction of sp³-hybridized carbons (Fsp3) is 0.341. The van der Waals surface area contributed by atoms with Crippen LogP contribution in [0.15, 0.2) is 109 Å². The number of carbonyl (C=O) groups excluding carboxylic acids is 1. The van der Waals surface area contributed by atoms with Gasteiger partial charge in [-0.15, -0.1) is 0 Å². The van der Waals surface area contributed by atoms with E-state index in [1.807, 2.05) is 109 Å². The summed E-state index contributed by atoms with van der Waals surface area (Å²) in [6.07, 6.45) is 1.89. The van der Waals surface area contributed by atoms with E-state index >= 15 is 0 Å². The van der Waals surface area contributed by atoms with Crippen molar-refractivity contribution in [3.63, 3.8) is 0 Å². The average molecular weight is 695 g/mol. The SMILES string of the molecule is CC(C)(C)OC(=O)N1[C@@H](c2ccc(OCc3ccccc3)cc2)CC[C@H]1C(=O)O.O=C(O)[C@@H]1CC[C@H](c2ccc(OCc3ccccc3)cc2)N1. The zero-order chi connectivity index (χ0) is 36.4. The van der Waals surface area contributed by atoms with Crippen LogP contribution in [-0.4, -0.2) is 50.8 Å². The third-order valence-corrected chi connectivity index (χ3v) is 8.76. The Morgan fingerprint density at radius 1 is 0.667 bits per heavy atom. The van der Waals surface area contributed by atoms with Crippen molar-refractivity contribution >= 4 is 18.0 Å². The van der Waals surface area contributed by atoms with Crippen molar-refractivity contribution in [2.45, 2.75) is 89.4 Å². The number of carboxylic acid groups (broad SMARTS) is 2. The number of carbonyl (C=O) groups is 3. The molecule has 4 atom stereocenters. The van der Waals surface area contributed by atoms with Gasteiger partial charge in [-0.2, -0.15) is 0 Å². The maximum absolute atomic E-state index is 12.7. The van der Waals surface area contributed by atoms with Gasteiger partial charge >= 0.3 is 18.0 Å². The van der Waals surface area contributed by atoms with Gasteiger partial charge in [0.25, 0.3) is 0 Å². The number of nitrogens with one attached hydrogen (secondary N) is 1. The van der Waals surface area contributed by atoms with Crippen LogP contribution in [0.5, 0.6) is 11.5 Å². The zero-order valence-electron chi connectivity index (χ0n) is 29.2. The molecule has 4 aromatic rings. The number of hydrogen-bond acceptors (Lipinski definition) is 7. The van der Waals surface area contributed by atoms with E-state index in [2.05, 4.69) is 5.32 Å². The van der Waals surface area contributed by atoms with Gasteiger partial charge < -0.3 is 24.4 Å². The van der Waals surface area contributed by atoms with Crippen molar-refractivity contribution in [3.05, 3.63) is 131 Å². The molecular formula is C41H46N2O8. The first-order valence-electron chi connectivity index (χ1n) is 17.2. The van der Waals surface area contributed by atoms with Gasteiger partial charge in [-0.1, -0.05) is 84.9 Å². The van der Waals surface area contributed by atoms with Gasteiger partial charge in [0.05, 0.1) is 6.04 Å². The van der Waals surface area contributed by atoms with Crippen LogP contribution >= 0.6 is 0 Å². The second kappa shape index (κ2) is 17.0. The van der Waals surface area contributed by atoms with Crippen LogP contribution in [0.25, 0.3) is 0 Å². The molecule has 0 saturated carbocycles. The van der Waals surface area contributed by atoms with E-state index in [9.17, 15) is 19.5 Å². The summed E-state index contributed by atoms with van der Waals surface area (Å²) in [5, 5.41) is 21.7. The van der Waals surface area contributed by atoms with Crippen LogP contribution < -0.4 is 14.8 Å². The number of benzene rings is 4. The number of aliphatic carboxylic acids is 2. The predicted octanol–water partition coefficient (Wildman–Crippen LogP) is 7.93. The smallest absolute Gasteiger partial charge is 0.411 e. The number of rotatable bonds is 10. The Morgan fingerprint density at radius 2 is 1.18 bits per heavy atom. The Labute approximate surface area is 299 Å². The molecule has 3 N–H and O–H groups in total. The number of ether oxygens (including phenoxy) is 3. The molecule has 4 aromatic carbocycles. The average Bonchev–Trinajstić information content (AvgIpc) is 3.80. The summed E-state index contributed by atoms with van der Waals surface area (Å²) in [5.41, 5.74) is 3.49. The summed E-state index contributed by atoms with van der Waals surface area (Å²) >= 11 is 0. The minimum absolute atomic E-state index is 0.115. The Kier molecular flexibility index (Phi) is 12.3. The van der Waals surface area contributed by atoms with Crippen LogP contribution in [0.3, 0.4) is 0 Å². The molecule has 2 heterocycles. The third kappa shape index (κ3) is 10.6. The number of amides is 1. The van der Waals surface area contributed by atoms with Gasteiger partial charge in [0.1, 0.15) is 42.4 Å². The lowest BCUT2D eigenvalue weighted by Crippen LogP contribution is -2.44. The largest absolute Gasteiger partial charge is 0.489 e. The molecule has 0 spiro atoms. The molecule has 268 valence electrons. The second-order valence-electron chi connectivity index (χ2n) is 13.7. The molecule has 2 saturated heterocycles. The maximum atomic E-state index is 12.7. The molecule has 10 nitrogen and oxygen atoms in total. The standard InChI is InChI=1S/C23H27NO5.C18H19NO3/c1-23(2,3)29-22(27)24-19(13-14-20(24)21(25)26)17-9-11-18(12-10-17)28-15-16-7-5-4-6-8-16;20-18(21)17-11-10-16(19-17)14-6-8-15(9-7-14)22-12-13-4-2-1-3-5-13/h4-12,19-20H,13-15H2,1-3H3,(H,25,26);1-9,16-17,19H,10-12H2,(H,20,21)/t19-,20+;16-,17+/m11/s1. The molecule has 0 aromatic heterocycles. The van der Waals surface area contributed by atoms with E-state index in [0.717, 1.165) is 34.4 Å². The highest BCUT2D eigenvalue weighted by Gasteiger charge is 2.43. The minimum atomic E-state index is -1.01. The fourth-order valence-corrected chi connectivity index (χ4v) is 6.21. The summed E-state index contributed by atoms with van der Waals surface area (Å²) in [6.45, 7) is 6.32. The van der Waals surface area contributed by atoms with E-state index in [4.69, 9.17) is 19.3 Å². The highest BCUT2D eigenvalue weighted by molar-refractivity contribution is 5.81. The van der Waals surface area contributed by atoms with Gasteiger partial charge in [0, 0.05) is 6.04 Å². The highest BCUT2D eigenvalue weighted by atomic mass is 16.6. The molecule has 10 heteroatoms. The van der Waals surface area contributed by atoms with Crippen LogP contribution in [0, 0.1) is 0 Å². The van der Waals surface area contributed by atoms with E-state index < -0.39 is 35.7 Å². The summed E-state index contributed by atoms with van der Waals surface area (Å²) < 4.78 is 17.0. The summed E-state index contributed by atoms with van der Waals surface area (Å²) in [4.78, 5) is 36.7. The first-order valence-corrected chi connectivity index (χ1v) is 17.2. The van der Waals surface area contributed by atoms with E-state index in [-0.39, 0.29) is 12.1 Å². The van der Waals surface area contributed by atoms with E-state index in [1.54, 1.807) is 20.8 Å². The predicted molar refractivity (Wildman–Crippen MR) is 192 cm³/mol. The molecule has 51 heavy (non-hydrogen) atoms. The molecule has 2 fully saturated rings. The van der Waals surface area contributed by atoms with Crippen molar-refractivity contribution < 1.29 is 38.8 Å². The van der Waals surface area contributed by atoms with E-state index in [0.29, 0.717) is 38.2 Å². The van der Waals surface area contributed by atoms with Gasteiger partial charge in [0.2, 0.25) is 0 Å². The molecule has 6 rings (SSSR count). The Morgan fingerprint density at radius 3 is 1.63 bits per heavy atom. The zero-order valence-corrected chi connectivity index (χ0v) is 29.2. The molecule has 1 amide bonds. The summed E-state index contributed by atoms with van der Waals surface area (Å²) in [7, 11) is 0. The Bertz CT molecular complexity index is 1720. The normalized spacial score (nSPS) is 19.8. The lowest BCUT2D eigenvalue weighted by Gasteiger charge is -2.31. The number of hydrogen-bond donors (Lipinski definition) is 3. The topological polar surface area (TPSA) is 135 Å². The number of nitrogens with zero attached hydrogens (tertiary/aromatic N) is 1. The van der Waals surface area contributed by atoms with Crippen molar-refractivity contribution in [2.75, 3.05) is 0 Å². The fourth-order valence-electron chi connectivity index (χ4n) is 6.21. The lowest BCUT2D eigenvalue weighted by atomic mass is 10.0. The van der Waals surface area contributed by atoms with Gasteiger partial charge in [-0.25, -0.2) is 9.59 Å². The highest BCUT2D eigenvalue weighted by Crippen LogP contribution is 2.38. The monoisotopic (exact) mass is 694 g/mol. The van der Waals surface area contributed by atoms with Crippen LogP contribution in [0.4, 0.5) is 4.79 Å².